The maximum absolute atomic E-state index is 14.8. The van der Waals surface area contributed by atoms with Gasteiger partial charge in [0.05, 0.1) is 13.2 Å². The number of carbonyl (C=O) groups is 2. The quantitative estimate of drug-likeness (QED) is 0.355. The smallest absolute Gasteiger partial charge is 0.408 e. The molecule has 2 aromatic rings. The summed E-state index contributed by atoms with van der Waals surface area (Å²) < 4.78 is 31.2. The van der Waals surface area contributed by atoms with Crippen molar-refractivity contribution < 1.29 is 33.3 Å². The lowest BCUT2D eigenvalue weighted by Gasteiger charge is -2.57. The van der Waals surface area contributed by atoms with E-state index in [-0.39, 0.29) is 18.8 Å². The van der Waals surface area contributed by atoms with Crippen LogP contribution in [0.1, 0.15) is 76.0 Å². The first-order valence-corrected chi connectivity index (χ1v) is 14.3. The maximum atomic E-state index is 14.8. The maximum Gasteiger partial charge on any atom is 0.408 e. The molecule has 0 saturated heterocycles. The minimum Gasteiger partial charge on any atom is -0.489 e. The van der Waals surface area contributed by atoms with Gasteiger partial charge in [0.25, 0.3) is 0 Å². The summed E-state index contributed by atoms with van der Waals surface area (Å²) in [6.45, 7) is 4.89. The number of rotatable bonds is 10. The van der Waals surface area contributed by atoms with E-state index in [4.69, 9.17) is 14.2 Å². The molecule has 4 aliphatic rings. The van der Waals surface area contributed by atoms with Crippen LogP contribution < -0.4 is 10.1 Å². The van der Waals surface area contributed by atoms with Gasteiger partial charge in [0.1, 0.15) is 23.8 Å². The molecule has 8 heteroatoms. The Morgan fingerprint density at radius 1 is 1.02 bits per heavy atom. The largest absolute Gasteiger partial charge is 0.489 e. The Hall–Kier alpha value is -3.13. The van der Waals surface area contributed by atoms with Crippen molar-refractivity contribution in [1.82, 2.24) is 5.32 Å². The highest BCUT2D eigenvalue weighted by Crippen LogP contribution is 2.60. The van der Waals surface area contributed by atoms with Crippen LogP contribution in [0.3, 0.4) is 0 Å². The van der Waals surface area contributed by atoms with Crippen LogP contribution in [-0.2, 0) is 32.9 Å². The first-order chi connectivity index (χ1) is 19.0. The summed E-state index contributed by atoms with van der Waals surface area (Å²) in [6.07, 6.45) is 7.31. The summed E-state index contributed by atoms with van der Waals surface area (Å²) >= 11 is 0. The number of carbonyl (C=O) groups excluding carboxylic acids is 1. The van der Waals surface area contributed by atoms with Gasteiger partial charge in [-0.15, -0.1) is 0 Å². The van der Waals surface area contributed by atoms with E-state index in [1.165, 1.54) is 50.2 Å². The fourth-order valence-electron chi connectivity index (χ4n) is 7.27. The van der Waals surface area contributed by atoms with Gasteiger partial charge in [0.15, 0.2) is 6.04 Å². The molecule has 0 heterocycles. The number of hydrogen-bond acceptors (Lipinski definition) is 5. The zero-order valence-corrected chi connectivity index (χ0v) is 23.6. The molecule has 4 saturated carbocycles. The number of halogens is 1. The van der Waals surface area contributed by atoms with Crippen molar-refractivity contribution in [2.45, 2.75) is 89.6 Å². The molecule has 0 radical (unpaired) electrons. The molecular weight excluding hydrogens is 513 g/mol. The second-order valence-corrected chi connectivity index (χ2v) is 13.0. The lowest BCUT2D eigenvalue weighted by Crippen LogP contribution is -2.48. The molecule has 1 amide bonds. The normalized spacial score (nSPS) is 25.9. The average molecular weight is 554 g/mol. The van der Waals surface area contributed by atoms with Crippen LogP contribution in [0, 0.1) is 23.6 Å². The molecule has 40 heavy (non-hydrogen) atoms. The van der Waals surface area contributed by atoms with Crippen molar-refractivity contribution in [3.05, 3.63) is 65.0 Å². The van der Waals surface area contributed by atoms with Gasteiger partial charge in [-0.2, -0.15) is 0 Å². The molecule has 216 valence electrons. The Kier molecular flexibility index (Phi) is 8.09. The second-order valence-electron chi connectivity index (χ2n) is 13.0. The fraction of sp³-hybridized carbons (Fsp3) is 0.562. The van der Waals surface area contributed by atoms with E-state index >= 15 is 0 Å². The van der Waals surface area contributed by atoms with Crippen LogP contribution in [0.2, 0.25) is 0 Å². The van der Waals surface area contributed by atoms with Crippen LogP contribution in [0.25, 0.3) is 0 Å². The molecule has 7 nitrogen and oxygen atoms in total. The van der Waals surface area contributed by atoms with Crippen LogP contribution >= 0.6 is 0 Å². The Bertz CT molecular complexity index is 1200. The van der Waals surface area contributed by atoms with Gasteiger partial charge in [-0.25, -0.2) is 14.0 Å². The van der Waals surface area contributed by atoms with E-state index in [9.17, 15) is 19.1 Å². The molecule has 0 spiro atoms. The van der Waals surface area contributed by atoms with Gasteiger partial charge < -0.3 is 24.6 Å². The fourth-order valence-corrected chi connectivity index (χ4v) is 7.27. The molecular formula is C32H40FNO6. The standard InChI is InChI=1S/C32H40FNO6/c1-31(2,3)40-30(37)34-28(29(35)36)19-38-18-24-7-8-26(13-27(24)33)39-17-20-5-4-6-25(12-20)32-14-21-9-22(15-32)11-23(10-21)16-32/h4-8,12-13,21-23,28H,9-11,14-19H2,1-3H3,(H,34,37)(H,35,36). The third kappa shape index (κ3) is 6.77. The number of ether oxygens (including phenoxy) is 3. The summed E-state index contributed by atoms with van der Waals surface area (Å²) in [5.41, 5.74) is 2.33. The molecule has 1 unspecified atom stereocenters. The van der Waals surface area contributed by atoms with E-state index in [1.54, 1.807) is 32.9 Å². The highest BCUT2D eigenvalue weighted by Gasteiger charge is 2.51. The third-order valence-electron chi connectivity index (χ3n) is 8.54. The van der Waals surface area contributed by atoms with Crippen molar-refractivity contribution in [1.29, 1.82) is 0 Å². The van der Waals surface area contributed by atoms with Gasteiger partial charge in [0.2, 0.25) is 0 Å². The van der Waals surface area contributed by atoms with Crippen molar-refractivity contribution in [2.24, 2.45) is 17.8 Å². The Morgan fingerprint density at radius 2 is 1.70 bits per heavy atom. The molecule has 2 N–H and O–H groups in total. The van der Waals surface area contributed by atoms with Crippen LogP contribution in [-0.4, -0.2) is 35.4 Å². The Balaban J connectivity index is 1.13. The van der Waals surface area contributed by atoms with Gasteiger partial charge in [-0.1, -0.05) is 30.3 Å². The van der Waals surface area contributed by atoms with Crippen LogP contribution in [0.5, 0.6) is 5.75 Å². The van der Waals surface area contributed by atoms with Gasteiger partial charge in [-0.3, -0.25) is 0 Å². The molecule has 1 atom stereocenters. The van der Waals surface area contributed by atoms with Gasteiger partial charge >= 0.3 is 12.1 Å². The first-order valence-electron chi connectivity index (χ1n) is 14.3. The predicted molar refractivity (Wildman–Crippen MR) is 147 cm³/mol. The third-order valence-corrected chi connectivity index (χ3v) is 8.54. The summed E-state index contributed by atoms with van der Waals surface area (Å²) in [5, 5.41) is 11.6. The zero-order chi connectivity index (χ0) is 28.5. The summed E-state index contributed by atoms with van der Waals surface area (Å²) in [5.74, 6) is 1.28. The average Bonchev–Trinajstić information content (AvgIpc) is 2.86. The van der Waals surface area contributed by atoms with Crippen molar-refractivity contribution in [3.63, 3.8) is 0 Å². The zero-order valence-electron chi connectivity index (χ0n) is 23.6. The molecule has 4 aliphatic carbocycles. The lowest BCUT2D eigenvalue weighted by molar-refractivity contribution is -0.141. The molecule has 0 aliphatic heterocycles. The number of nitrogens with one attached hydrogen (secondary N) is 1. The van der Waals surface area contributed by atoms with E-state index in [2.05, 4.69) is 29.6 Å². The Labute approximate surface area is 235 Å². The number of amides is 1. The number of carboxylic acids is 1. The first kappa shape index (κ1) is 28.4. The number of benzene rings is 2. The lowest BCUT2D eigenvalue weighted by atomic mass is 9.48. The van der Waals surface area contributed by atoms with E-state index in [1.807, 2.05) is 0 Å². The number of hydrogen-bond donors (Lipinski definition) is 2. The van der Waals surface area contributed by atoms with Gasteiger partial charge in [-0.05, 0) is 99.7 Å². The summed E-state index contributed by atoms with van der Waals surface area (Å²) in [6, 6.07) is 12.0. The topological polar surface area (TPSA) is 94.1 Å². The van der Waals surface area contributed by atoms with E-state index < -0.39 is 29.5 Å². The highest BCUT2D eigenvalue weighted by molar-refractivity contribution is 5.80. The summed E-state index contributed by atoms with van der Waals surface area (Å²) in [4.78, 5) is 23.4. The Morgan fingerprint density at radius 3 is 2.30 bits per heavy atom. The minimum atomic E-state index is -1.32. The van der Waals surface area contributed by atoms with Crippen molar-refractivity contribution >= 4 is 12.1 Å². The number of alkyl carbamates (subject to hydrolysis) is 1. The second kappa shape index (κ2) is 11.4. The molecule has 2 aromatic carbocycles. The van der Waals surface area contributed by atoms with Crippen LogP contribution in [0.15, 0.2) is 42.5 Å². The van der Waals surface area contributed by atoms with Crippen LogP contribution in [0.4, 0.5) is 9.18 Å². The number of carboxylic acid groups (broad SMARTS) is 1. The molecule has 0 aromatic heterocycles. The SMILES string of the molecule is CC(C)(C)OC(=O)NC(COCc1ccc(OCc2cccc(C34CC5CC(CC(C5)C3)C4)c2)cc1F)C(=O)O. The molecule has 4 fully saturated rings. The minimum absolute atomic E-state index is 0.154. The predicted octanol–water partition coefficient (Wildman–Crippen LogP) is 6.37. The molecule has 4 bridgehead atoms. The van der Waals surface area contributed by atoms with Crippen molar-refractivity contribution in [2.75, 3.05) is 6.61 Å². The van der Waals surface area contributed by atoms with E-state index in [0.29, 0.717) is 17.8 Å². The monoisotopic (exact) mass is 553 g/mol. The van der Waals surface area contributed by atoms with Crippen molar-refractivity contribution in [3.8, 4) is 5.75 Å². The molecule has 6 rings (SSSR count). The van der Waals surface area contributed by atoms with E-state index in [0.717, 1.165) is 23.3 Å². The number of aliphatic carboxylic acids is 1. The summed E-state index contributed by atoms with van der Waals surface area (Å²) in [7, 11) is 0. The highest BCUT2D eigenvalue weighted by atomic mass is 19.1. The van der Waals surface area contributed by atoms with Gasteiger partial charge in [0, 0.05) is 11.6 Å².